The van der Waals surface area contributed by atoms with Crippen LogP contribution in [0.15, 0.2) is 30.5 Å². The molecule has 1 saturated carbocycles. The summed E-state index contributed by atoms with van der Waals surface area (Å²) in [6, 6.07) is 8.58. The predicted octanol–water partition coefficient (Wildman–Crippen LogP) is 3.77. The number of aromatic amines is 1. The molecule has 1 unspecified atom stereocenters. The van der Waals surface area contributed by atoms with Gasteiger partial charge in [0, 0.05) is 61.4 Å². The van der Waals surface area contributed by atoms with Gasteiger partial charge in [0.15, 0.2) is 0 Å². The van der Waals surface area contributed by atoms with Crippen molar-refractivity contribution in [3.05, 3.63) is 36.0 Å². The molecule has 1 aliphatic heterocycles. The first-order valence-electron chi connectivity index (χ1n) is 12.7. The maximum absolute atomic E-state index is 14.0. The topological polar surface area (TPSA) is 86.5 Å². The van der Waals surface area contributed by atoms with E-state index in [0.717, 1.165) is 31.2 Å². The Kier molecular flexibility index (Phi) is 7.63. The number of ether oxygens (including phenoxy) is 1. The van der Waals surface area contributed by atoms with E-state index in [-0.39, 0.29) is 29.8 Å². The number of rotatable bonds is 9. The molecule has 3 N–H and O–H groups in total. The first kappa shape index (κ1) is 24.7. The maximum Gasteiger partial charge on any atom is 0.227 e. The lowest BCUT2D eigenvalue weighted by Crippen LogP contribution is -2.54. The van der Waals surface area contributed by atoms with Crippen LogP contribution in [0.3, 0.4) is 0 Å². The summed E-state index contributed by atoms with van der Waals surface area (Å²) < 4.78 is 5.35. The Morgan fingerprint density at radius 2 is 1.97 bits per heavy atom. The molecule has 0 spiro atoms. The van der Waals surface area contributed by atoms with E-state index in [1.54, 1.807) is 7.11 Å². The molecule has 1 aliphatic carbocycles. The highest BCUT2D eigenvalue weighted by Crippen LogP contribution is 2.40. The number of piperidine rings is 1. The smallest absolute Gasteiger partial charge is 0.227 e. The van der Waals surface area contributed by atoms with Gasteiger partial charge in [0.05, 0.1) is 12.0 Å². The molecule has 2 aromatic rings. The summed E-state index contributed by atoms with van der Waals surface area (Å²) in [6.07, 6.45) is 6.62. The molecule has 1 aromatic carbocycles. The summed E-state index contributed by atoms with van der Waals surface area (Å²) in [6.45, 7) is 7.79. The van der Waals surface area contributed by atoms with Crippen LogP contribution in [0.25, 0.3) is 10.9 Å². The van der Waals surface area contributed by atoms with Crippen LogP contribution >= 0.6 is 0 Å². The molecule has 4 rings (SSSR count). The molecule has 2 heterocycles. The summed E-state index contributed by atoms with van der Waals surface area (Å²) in [4.78, 5) is 32.2. The van der Waals surface area contributed by atoms with Gasteiger partial charge in [-0.05, 0) is 43.7 Å². The summed E-state index contributed by atoms with van der Waals surface area (Å²) in [5.41, 5.74) is 1.84. The Morgan fingerprint density at radius 1 is 1.21 bits per heavy atom. The third kappa shape index (κ3) is 5.63. The van der Waals surface area contributed by atoms with Gasteiger partial charge < -0.3 is 25.3 Å². The Morgan fingerprint density at radius 3 is 2.68 bits per heavy atom. The van der Waals surface area contributed by atoms with Gasteiger partial charge >= 0.3 is 0 Å². The lowest BCUT2D eigenvalue weighted by molar-refractivity contribution is -0.140. The molecular weight excluding hydrogens is 428 g/mol. The summed E-state index contributed by atoms with van der Waals surface area (Å²) >= 11 is 0. The maximum atomic E-state index is 14.0. The number of hydrogen-bond acceptors (Lipinski definition) is 4. The van der Waals surface area contributed by atoms with Crippen LogP contribution in [0.1, 0.15) is 64.5 Å². The van der Waals surface area contributed by atoms with Crippen molar-refractivity contribution in [2.45, 2.75) is 71.0 Å². The number of hydrogen-bond donors (Lipinski definition) is 3. The molecule has 2 amide bonds. The fourth-order valence-corrected chi connectivity index (χ4v) is 5.03. The second-order valence-corrected chi connectivity index (χ2v) is 10.9. The van der Waals surface area contributed by atoms with Crippen LogP contribution < -0.4 is 10.6 Å². The van der Waals surface area contributed by atoms with Crippen molar-refractivity contribution in [2.75, 3.05) is 26.8 Å². The summed E-state index contributed by atoms with van der Waals surface area (Å²) in [5, 5.41) is 7.74. The van der Waals surface area contributed by atoms with Gasteiger partial charge in [-0.1, -0.05) is 39.0 Å². The standard InChI is InChI=1S/C27H40N4O3/c1-27(2,3)26(33)30-19-14-18(15-28-16-19)25(32)31(20-11-12-20)24(10-7-13-34-4)22-17-29-23-9-6-5-8-21(22)23/h5-6,8-9,17-20,24,28-29H,7,10-16H2,1-4H3,(H,30,33)/t18-,19-,24?/m0/s1. The van der Waals surface area contributed by atoms with Crippen molar-refractivity contribution >= 4 is 22.7 Å². The van der Waals surface area contributed by atoms with Crippen molar-refractivity contribution in [1.29, 1.82) is 0 Å². The first-order valence-corrected chi connectivity index (χ1v) is 12.7. The normalized spacial score (nSPS) is 21.9. The fraction of sp³-hybridized carbons (Fsp3) is 0.630. The number of carbonyl (C=O) groups is 2. The fourth-order valence-electron chi connectivity index (χ4n) is 5.03. The van der Waals surface area contributed by atoms with Crippen LogP contribution in [0.2, 0.25) is 0 Å². The van der Waals surface area contributed by atoms with E-state index in [1.165, 1.54) is 10.9 Å². The number of para-hydroxylation sites is 1. The van der Waals surface area contributed by atoms with E-state index in [2.05, 4.69) is 44.9 Å². The number of benzene rings is 1. The van der Waals surface area contributed by atoms with Gasteiger partial charge in [0.25, 0.3) is 0 Å². The number of amides is 2. The van der Waals surface area contributed by atoms with Gasteiger partial charge in [-0.3, -0.25) is 9.59 Å². The molecule has 3 atom stereocenters. The molecule has 34 heavy (non-hydrogen) atoms. The second kappa shape index (κ2) is 10.5. The SMILES string of the molecule is COCCCC(c1c[nH]c2ccccc12)N(C(=O)[C@@H]1CNC[C@@H](NC(=O)C(C)(C)C)C1)C1CC1. The third-order valence-corrected chi connectivity index (χ3v) is 7.05. The number of carbonyl (C=O) groups excluding carboxylic acids is 2. The van der Waals surface area contributed by atoms with Crippen LogP contribution in [0.4, 0.5) is 0 Å². The van der Waals surface area contributed by atoms with Crippen LogP contribution in [-0.2, 0) is 14.3 Å². The van der Waals surface area contributed by atoms with Crippen LogP contribution in [-0.4, -0.2) is 60.6 Å². The molecular formula is C27H40N4O3. The number of nitrogens with one attached hydrogen (secondary N) is 3. The molecule has 1 aromatic heterocycles. The Bertz CT molecular complexity index is 991. The van der Waals surface area contributed by atoms with Crippen molar-refractivity contribution in [2.24, 2.45) is 11.3 Å². The van der Waals surface area contributed by atoms with Crippen molar-refractivity contribution < 1.29 is 14.3 Å². The monoisotopic (exact) mass is 468 g/mol. The van der Waals surface area contributed by atoms with E-state index in [1.807, 2.05) is 26.8 Å². The average molecular weight is 469 g/mol. The van der Waals surface area contributed by atoms with E-state index >= 15 is 0 Å². The number of methoxy groups -OCH3 is 1. The number of H-pyrrole nitrogens is 1. The average Bonchev–Trinajstić information content (AvgIpc) is 3.56. The minimum atomic E-state index is -0.446. The molecule has 0 radical (unpaired) electrons. The largest absolute Gasteiger partial charge is 0.385 e. The molecule has 186 valence electrons. The minimum Gasteiger partial charge on any atom is -0.385 e. The van der Waals surface area contributed by atoms with Crippen molar-refractivity contribution in [3.8, 4) is 0 Å². The minimum absolute atomic E-state index is 0.0100. The highest BCUT2D eigenvalue weighted by Gasteiger charge is 2.42. The number of aromatic nitrogens is 1. The van der Waals surface area contributed by atoms with Gasteiger partial charge in [0.2, 0.25) is 11.8 Å². The highest BCUT2D eigenvalue weighted by molar-refractivity contribution is 5.86. The quantitative estimate of drug-likeness (QED) is 0.489. The Labute approximate surface area is 203 Å². The molecule has 7 heteroatoms. The van der Waals surface area contributed by atoms with Gasteiger partial charge in [-0.15, -0.1) is 0 Å². The molecule has 7 nitrogen and oxygen atoms in total. The van der Waals surface area contributed by atoms with E-state index in [0.29, 0.717) is 32.2 Å². The van der Waals surface area contributed by atoms with Crippen molar-refractivity contribution in [1.82, 2.24) is 20.5 Å². The molecule has 2 fully saturated rings. The Hall–Kier alpha value is -2.38. The van der Waals surface area contributed by atoms with Crippen molar-refractivity contribution in [3.63, 3.8) is 0 Å². The zero-order valence-corrected chi connectivity index (χ0v) is 21.0. The Balaban J connectivity index is 1.56. The van der Waals surface area contributed by atoms with E-state index in [9.17, 15) is 9.59 Å². The molecule has 0 bridgehead atoms. The van der Waals surface area contributed by atoms with E-state index in [4.69, 9.17) is 4.74 Å². The van der Waals surface area contributed by atoms with Crippen LogP contribution in [0.5, 0.6) is 0 Å². The second-order valence-electron chi connectivity index (χ2n) is 10.9. The third-order valence-electron chi connectivity index (χ3n) is 7.05. The van der Waals surface area contributed by atoms with Gasteiger partial charge in [-0.2, -0.15) is 0 Å². The first-order chi connectivity index (χ1) is 16.3. The summed E-state index contributed by atoms with van der Waals surface area (Å²) in [5.74, 6) is 0.0924. The highest BCUT2D eigenvalue weighted by atomic mass is 16.5. The lowest BCUT2D eigenvalue weighted by atomic mass is 9.90. The lowest BCUT2D eigenvalue weighted by Gasteiger charge is -2.38. The molecule has 1 saturated heterocycles. The number of nitrogens with zero attached hydrogens (tertiary/aromatic N) is 1. The van der Waals surface area contributed by atoms with Crippen LogP contribution in [0, 0.1) is 11.3 Å². The summed E-state index contributed by atoms with van der Waals surface area (Å²) in [7, 11) is 1.73. The van der Waals surface area contributed by atoms with Gasteiger partial charge in [0.1, 0.15) is 0 Å². The number of fused-ring (bicyclic) bond motifs is 1. The molecule has 2 aliphatic rings. The zero-order chi connectivity index (χ0) is 24.3. The van der Waals surface area contributed by atoms with Gasteiger partial charge in [-0.25, -0.2) is 0 Å². The predicted molar refractivity (Wildman–Crippen MR) is 134 cm³/mol. The zero-order valence-electron chi connectivity index (χ0n) is 21.0. The van der Waals surface area contributed by atoms with E-state index < -0.39 is 5.41 Å².